The van der Waals surface area contributed by atoms with Crippen molar-refractivity contribution in [2.24, 2.45) is 5.92 Å². The molecule has 3 rings (SSSR count). The molecule has 1 aromatic rings. The molecule has 1 aliphatic heterocycles. The Bertz CT molecular complexity index is 566. The van der Waals surface area contributed by atoms with Crippen LogP contribution in [-0.4, -0.2) is 16.9 Å². The Balaban J connectivity index is 1.83. The van der Waals surface area contributed by atoms with E-state index in [0.717, 1.165) is 18.9 Å². The lowest BCUT2D eigenvalue weighted by atomic mass is 9.85. The highest BCUT2D eigenvalue weighted by Gasteiger charge is 2.42. The molecule has 2 aliphatic rings. The van der Waals surface area contributed by atoms with E-state index >= 15 is 0 Å². The molecule has 5 heteroatoms. The van der Waals surface area contributed by atoms with Crippen LogP contribution in [0, 0.1) is 11.7 Å². The molecule has 1 N–H and O–H groups in total. The van der Waals surface area contributed by atoms with E-state index in [-0.39, 0.29) is 5.75 Å². The van der Waals surface area contributed by atoms with Crippen LogP contribution >= 0.6 is 0 Å². The van der Waals surface area contributed by atoms with Gasteiger partial charge in [0.05, 0.1) is 0 Å². The highest BCUT2D eigenvalue weighted by atomic mass is 19.1. The van der Waals surface area contributed by atoms with Crippen LogP contribution < -0.4 is 9.47 Å². The Morgan fingerprint density at radius 2 is 2.05 bits per heavy atom. The fourth-order valence-corrected chi connectivity index (χ4v) is 3.39. The van der Waals surface area contributed by atoms with Crippen LogP contribution in [0.2, 0.25) is 0 Å². The maximum atomic E-state index is 13.7. The molecule has 1 heterocycles. The van der Waals surface area contributed by atoms with Crippen molar-refractivity contribution in [3.05, 3.63) is 23.5 Å². The van der Waals surface area contributed by atoms with Crippen LogP contribution in [0.3, 0.4) is 0 Å². The van der Waals surface area contributed by atoms with Crippen molar-refractivity contribution in [3.63, 3.8) is 0 Å². The monoisotopic (exact) mass is 294 g/mol. The molecule has 21 heavy (non-hydrogen) atoms. The van der Waals surface area contributed by atoms with E-state index in [0.29, 0.717) is 18.1 Å². The summed E-state index contributed by atoms with van der Waals surface area (Å²) in [6, 6.07) is 2.54. The van der Waals surface area contributed by atoms with E-state index in [2.05, 4.69) is 0 Å². The van der Waals surface area contributed by atoms with Gasteiger partial charge in [0.1, 0.15) is 11.4 Å². The SMILES string of the molecule is CC1(CC2CCCCC2)Oc2ccc(F)c(C(=O)O)c2O1. The molecule has 1 fully saturated rings. The average Bonchev–Trinajstić information content (AvgIpc) is 2.75. The topological polar surface area (TPSA) is 55.8 Å². The number of carboxylic acids is 1. The Morgan fingerprint density at radius 3 is 2.71 bits per heavy atom. The quantitative estimate of drug-likeness (QED) is 0.916. The molecule has 0 amide bonds. The zero-order chi connectivity index (χ0) is 15.0. The Kier molecular flexibility index (Phi) is 3.51. The summed E-state index contributed by atoms with van der Waals surface area (Å²) in [4.78, 5) is 11.2. The predicted molar refractivity (Wildman–Crippen MR) is 74.2 cm³/mol. The second-order valence-corrected chi connectivity index (χ2v) is 6.10. The normalized spacial score (nSPS) is 25.0. The van der Waals surface area contributed by atoms with Gasteiger partial charge in [-0.05, 0) is 18.1 Å². The van der Waals surface area contributed by atoms with E-state index in [4.69, 9.17) is 14.6 Å². The minimum Gasteiger partial charge on any atom is -0.477 e. The van der Waals surface area contributed by atoms with Crippen LogP contribution in [0.15, 0.2) is 12.1 Å². The second-order valence-electron chi connectivity index (χ2n) is 6.10. The molecule has 0 bridgehead atoms. The first kappa shape index (κ1) is 14.2. The predicted octanol–water partition coefficient (Wildman–Crippen LogP) is 3.98. The van der Waals surface area contributed by atoms with Gasteiger partial charge in [0.2, 0.25) is 5.79 Å². The number of carbonyl (C=O) groups is 1. The Labute approximate surface area is 122 Å². The Hall–Kier alpha value is -1.78. The van der Waals surface area contributed by atoms with Crippen LogP contribution in [-0.2, 0) is 0 Å². The number of aromatic carboxylic acids is 1. The molecule has 1 aliphatic carbocycles. The number of hydrogen-bond donors (Lipinski definition) is 1. The summed E-state index contributed by atoms with van der Waals surface area (Å²) >= 11 is 0. The van der Waals surface area contributed by atoms with Gasteiger partial charge in [-0.15, -0.1) is 0 Å². The second kappa shape index (κ2) is 5.20. The minimum atomic E-state index is -1.34. The van der Waals surface area contributed by atoms with Crippen LogP contribution in [0.25, 0.3) is 0 Å². The van der Waals surface area contributed by atoms with Gasteiger partial charge in [-0.3, -0.25) is 0 Å². The van der Waals surface area contributed by atoms with Crippen molar-refractivity contribution >= 4 is 5.97 Å². The van der Waals surface area contributed by atoms with Gasteiger partial charge in [0, 0.05) is 13.3 Å². The summed E-state index contributed by atoms with van der Waals surface area (Å²) in [6.07, 6.45) is 6.66. The molecular formula is C16H19FO4. The van der Waals surface area contributed by atoms with E-state index in [1.54, 1.807) is 6.92 Å². The molecule has 0 saturated heterocycles. The van der Waals surface area contributed by atoms with Crippen molar-refractivity contribution in [2.45, 2.75) is 51.2 Å². The number of halogens is 1. The van der Waals surface area contributed by atoms with Crippen molar-refractivity contribution in [2.75, 3.05) is 0 Å². The summed E-state index contributed by atoms with van der Waals surface area (Å²) in [5.74, 6) is -2.20. The summed E-state index contributed by atoms with van der Waals surface area (Å²) in [6.45, 7) is 1.80. The van der Waals surface area contributed by atoms with Gasteiger partial charge in [0.15, 0.2) is 11.5 Å². The van der Waals surface area contributed by atoms with Gasteiger partial charge in [-0.25, -0.2) is 9.18 Å². The van der Waals surface area contributed by atoms with E-state index in [9.17, 15) is 9.18 Å². The summed E-state index contributed by atoms with van der Waals surface area (Å²) in [7, 11) is 0. The van der Waals surface area contributed by atoms with Crippen LogP contribution in [0.4, 0.5) is 4.39 Å². The molecule has 114 valence electrons. The third kappa shape index (κ3) is 2.69. The molecule has 0 aromatic heterocycles. The lowest BCUT2D eigenvalue weighted by molar-refractivity contribution is -0.0827. The number of rotatable bonds is 3. The smallest absolute Gasteiger partial charge is 0.342 e. The van der Waals surface area contributed by atoms with Crippen molar-refractivity contribution in [1.29, 1.82) is 0 Å². The standard InChI is InChI=1S/C16H19FO4/c1-16(9-10-5-3-2-4-6-10)20-12-8-7-11(17)13(15(18)19)14(12)21-16/h7-8,10H,2-6,9H2,1H3,(H,18,19). The summed E-state index contributed by atoms with van der Waals surface area (Å²) in [5, 5.41) is 9.15. The van der Waals surface area contributed by atoms with Gasteiger partial charge >= 0.3 is 5.97 Å². The molecule has 1 atom stereocenters. The fourth-order valence-electron chi connectivity index (χ4n) is 3.39. The highest BCUT2D eigenvalue weighted by Crippen LogP contribution is 2.46. The van der Waals surface area contributed by atoms with Crippen LogP contribution in [0.5, 0.6) is 11.5 Å². The third-order valence-corrected chi connectivity index (χ3v) is 4.31. The largest absolute Gasteiger partial charge is 0.477 e. The molecule has 4 nitrogen and oxygen atoms in total. The molecule has 1 unspecified atom stereocenters. The average molecular weight is 294 g/mol. The summed E-state index contributed by atoms with van der Waals surface area (Å²) < 4.78 is 25.2. The van der Waals surface area contributed by atoms with Gasteiger partial charge in [-0.1, -0.05) is 32.1 Å². The zero-order valence-electron chi connectivity index (χ0n) is 12.0. The third-order valence-electron chi connectivity index (χ3n) is 4.31. The number of ether oxygens (including phenoxy) is 2. The summed E-state index contributed by atoms with van der Waals surface area (Å²) in [5.41, 5.74) is -0.445. The Morgan fingerprint density at radius 1 is 1.33 bits per heavy atom. The first-order valence-corrected chi connectivity index (χ1v) is 7.42. The lowest BCUT2D eigenvalue weighted by Gasteiger charge is -2.30. The van der Waals surface area contributed by atoms with E-state index < -0.39 is 23.1 Å². The molecule has 1 saturated carbocycles. The minimum absolute atomic E-state index is 0.0146. The number of benzene rings is 1. The van der Waals surface area contributed by atoms with Gasteiger partial charge in [-0.2, -0.15) is 0 Å². The zero-order valence-corrected chi connectivity index (χ0v) is 12.0. The lowest BCUT2D eigenvalue weighted by Crippen LogP contribution is -2.37. The number of fused-ring (bicyclic) bond motifs is 1. The first-order valence-electron chi connectivity index (χ1n) is 7.42. The number of carboxylic acid groups (broad SMARTS) is 1. The molecule has 0 radical (unpaired) electrons. The first-order chi connectivity index (χ1) is 9.98. The van der Waals surface area contributed by atoms with Gasteiger partial charge in [0.25, 0.3) is 0 Å². The maximum Gasteiger partial charge on any atom is 0.342 e. The number of hydrogen-bond acceptors (Lipinski definition) is 3. The molecule has 1 aromatic carbocycles. The maximum absolute atomic E-state index is 13.7. The van der Waals surface area contributed by atoms with E-state index in [1.807, 2.05) is 0 Å². The van der Waals surface area contributed by atoms with Crippen molar-refractivity contribution < 1.29 is 23.8 Å². The highest BCUT2D eigenvalue weighted by molar-refractivity contribution is 5.92. The van der Waals surface area contributed by atoms with Crippen molar-refractivity contribution in [1.82, 2.24) is 0 Å². The van der Waals surface area contributed by atoms with Crippen molar-refractivity contribution in [3.8, 4) is 11.5 Å². The van der Waals surface area contributed by atoms with Gasteiger partial charge < -0.3 is 14.6 Å². The van der Waals surface area contributed by atoms with Crippen LogP contribution in [0.1, 0.15) is 55.8 Å². The molecular weight excluding hydrogens is 275 g/mol. The molecule has 0 spiro atoms. The fraction of sp³-hybridized carbons (Fsp3) is 0.562. The van der Waals surface area contributed by atoms with E-state index in [1.165, 1.54) is 25.3 Å².